The molecule has 3 rings (SSSR count). The molecular formula is C14H18FN3O. The van der Waals surface area contributed by atoms with Crippen LogP contribution in [0.25, 0.3) is 0 Å². The summed E-state index contributed by atoms with van der Waals surface area (Å²) >= 11 is 0. The summed E-state index contributed by atoms with van der Waals surface area (Å²) in [4.78, 5) is 2.42. The van der Waals surface area contributed by atoms with Crippen molar-refractivity contribution < 1.29 is 9.60 Å². The molecule has 2 unspecified atom stereocenters. The summed E-state index contributed by atoms with van der Waals surface area (Å²) in [5.41, 5.74) is 6.84. The van der Waals surface area contributed by atoms with E-state index in [1.165, 1.54) is 31.4 Å². The second kappa shape index (κ2) is 4.81. The van der Waals surface area contributed by atoms with Crippen molar-refractivity contribution in [1.82, 2.24) is 4.90 Å². The predicted octanol–water partition coefficient (Wildman–Crippen LogP) is 1.90. The summed E-state index contributed by atoms with van der Waals surface area (Å²) in [6.07, 6.45) is 3.87. The van der Waals surface area contributed by atoms with E-state index in [1.807, 2.05) is 0 Å². The molecule has 4 nitrogen and oxygen atoms in total. The van der Waals surface area contributed by atoms with Gasteiger partial charge in [-0.2, -0.15) is 0 Å². The van der Waals surface area contributed by atoms with Gasteiger partial charge in [-0.1, -0.05) is 5.16 Å². The lowest BCUT2D eigenvalue weighted by Gasteiger charge is -2.26. The largest absolute Gasteiger partial charge is 0.409 e. The molecule has 0 aromatic heterocycles. The van der Waals surface area contributed by atoms with Crippen LogP contribution in [0.1, 0.15) is 30.4 Å². The Kier molecular flexibility index (Phi) is 3.14. The van der Waals surface area contributed by atoms with E-state index < -0.39 is 0 Å². The van der Waals surface area contributed by atoms with Gasteiger partial charge in [0.05, 0.1) is 0 Å². The van der Waals surface area contributed by atoms with Crippen LogP contribution in [0.5, 0.6) is 0 Å². The number of hydrogen-bond acceptors (Lipinski definition) is 3. The van der Waals surface area contributed by atoms with Gasteiger partial charge in [0.25, 0.3) is 0 Å². The maximum Gasteiger partial charge on any atom is 0.170 e. The van der Waals surface area contributed by atoms with Crippen LogP contribution < -0.4 is 5.73 Å². The van der Waals surface area contributed by atoms with E-state index in [0.717, 1.165) is 24.6 Å². The minimum Gasteiger partial charge on any atom is -0.409 e. The van der Waals surface area contributed by atoms with E-state index in [-0.39, 0.29) is 11.7 Å². The molecule has 1 aliphatic heterocycles. The lowest BCUT2D eigenvalue weighted by Crippen LogP contribution is -2.31. The number of likely N-dealkylation sites (tertiary alicyclic amines) is 1. The molecule has 0 radical (unpaired) electrons. The van der Waals surface area contributed by atoms with Crippen LogP contribution >= 0.6 is 0 Å². The summed E-state index contributed by atoms with van der Waals surface area (Å²) in [6.45, 7) is 1.85. The highest BCUT2D eigenvalue weighted by Crippen LogP contribution is 2.38. The summed E-state index contributed by atoms with van der Waals surface area (Å²) < 4.78 is 13.6. The monoisotopic (exact) mass is 263 g/mol. The van der Waals surface area contributed by atoms with Gasteiger partial charge in [-0.15, -0.1) is 0 Å². The van der Waals surface area contributed by atoms with Crippen LogP contribution in [0, 0.1) is 11.7 Å². The Balaban J connectivity index is 1.79. The lowest BCUT2D eigenvalue weighted by molar-refractivity contribution is 0.205. The van der Waals surface area contributed by atoms with Gasteiger partial charge in [-0.25, -0.2) is 4.39 Å². The van der Waals surface area contributed by atoms with Gasteiger partial charge in [0.2, 0.25) is 0 Å². The molecule has 1 aromatic rings. The van der Waals surface area contributed by atoms with E-state index in [1.54, 1.807) is 6.07 Å². The van der Waals surface area contributed by atoms with Gasteiger partial charge >= 0.3 is 0 Å². The number of fused-ring (bicyclic) bond motifs is 2. The number of hydrogen-bond donors (Lipinski definition) is 2. The molecule has 2 aliphatic rings. The minimum absolute atomic E-state index is 0.0521. The Hall–Kier alpha value is -1.62. The third-order valence-corrected chi connectivity index (χ3v) is 4.27. The molecule has 1 saturated heterocycles. The highest BCUT2D eigenvalue weighted by molar-refractivity contribution is 5.97. The normalized spacial score (nSPS) is 27.1. The molecule has 0 spiro atoms. The quantitative estimate of drug-likeness (QED) is 0.379. The smallest absolute Gasteiger partial charge is 0.170 e. The van der Waals surface area contributed by atoms with Crippen LogP contribution in [0.3, 0.4) is 0 Å². The molecule has 2 bridgehead atoms. The molecule has 1 aliphatic carbocycles. The first kappa shape index (κ1) is 12.4. The maximum absolute atomic E-state index is 13.6. The molecule has 19 heavy (non-hydrogen) atoms. The van der Waals surface area contributed by atoms with Crippen molar-refractivity contribution in [3.05, 3.63) is 35.1 Å². The summed E-state index contributed by atoms with van der Waals surface area (Å²) in [5.74, 6) is 0.425. The van der Waals surface area contributed by atoms with Crippen LogP contribution in [0.2, 0.25) is 0 Å². The summed E-state index contributed by atoms with van der Waals surface area (Å²) in [7, 11) is 0. The SMILES string of the molecule is N/C(=N/O)c1cc(F)cc(CN2CC3CCC2C3)c1. The Bertz CT molecular complexity index is 517. The van der Waals surface area contributed by atoms with Crippen LogP contribution in [0.4, 0.5) is 4.39 Å². The first-order valence-electron chi connectivity index (χ1n) is 6.67. The zero-order valence-corrected chi connectivity index (χ0v) is 10.7. The van der Waals surface area contributed by atoms with Crippen molar-refractivity contribution in [3.8, 4) is 0 Å². The molecular weight excluding hydrogens is 245 g/mol. The van der Waals surface area contributed by atoms with Gasteiger partial charge in [-0.05, 0) is 48.9 Å². The Morgan fingerprint density at radius 2 is 2.26 bits per heavy atom. The average molecular weight is 263 g/mol. The number of nitrogens with two attached hydrogens (primary N) is 1. The van der Waals surface area contributed by atoms with E-state index in [2.05, 4.69) is 10.1 Å². The average Bonchev–Trinajstić information content (AvgIpc) is 2.99. The number of amidine groups is 1. The molecule has 1 aromatic carbocycles. The van der Waals surface area contributed by atoms with Crippen LogP contribution in [-0.4, -0.2) is 28.5 Å². The second-order valence-electron chi connectivity index (χ2n) is 5.60. The van der Waals surface area contributed by atoms with E-state index in [9.17, 15) is 4.39 Å². The standard InChI is InChI=1S/C14H18FN3O/c15-12-4-10(3-11(6-12)14(16)17-19)8-18-7-9-1-2-13(18)5-9/h3-4,6,9,13,19H,1-2,5,7-8H2,(H2,16,17). The molecule has 0 amide bonds. The summed E-state index contributed by atoms with van der Waals surface area (Å²) in [6, 6.07) is 5.26. The highest BCUT2D eigenvalue weighted by atomic mass is 19.1. The van der Waals surface area contributed by atoms with Gasteiger partial charge in [0, 0.05) is 24.7 Å². The fraction of sp³-hybridized carbons (Fsp3) is 0.500. The molecule has 5 heteroatoms. The first-order chi connectivity index (χ1) is 9.15. The molecule has 2 fully saturated rings. The Morgan fingerprint density at radius 1 is 1.42 bits per heavy atom. The van der Waals surface area contributed by atoms with Crippen molar-refractivity contribution in [2.45, 2.75) is 31.8 Å². The fourth-order valence-corrected chi connectivity index (χ4v) is 3.40. The van der Waals surface area contributed by atoms with Crippen molar-refractivity contribution >= 4 is 5.84 Å². The van der Waals surface area contributed by atoms with Gasteiger partial charge in [0.15, 0.2) is 5.84 Å². The number of rotatable bonds is 3. The molecule has 1 saturated carbocycles. The minimum atomic E-state index is -0.344. The van der Waals surface area contributed by atoms with Crippen molar-refractivity contribution in [3.63, 3.8) is 0 Å². The zero-order valence-electron chi connectivity index (χ0n) is 10.7. The van der Waals surface area contributed by atoms with Crippen molar-refractivity contribution in [2.75, 3.05) is 6.54 Å². The first-order valence-corrected chi connectivity index (χ1v) is 6.67. The van der Waals surface area contributed by atoms with Gasteiger partial charge < -0.3 is 10.9 Å². The summed E-state index contributed by atoms with van der Waals surface area (Å²) in [5, 5.41) is 11.6. The third kappa shape index (κ3) is 2.42. The van der Waals surface area contributed by atoms with E-state index >= 15 is 0 Å². The third-order valence-electron chi connectivity index (χ3n) is 4.27. The maximum atomic E-state index is 13.6. The van der Waals surface area contributed by atoms with Crippen molar-refractivity contribution in [1.29, 1.82) is 0 Å². The van der Waals surface area contributed by atoms with Gasteiger partial charge in [0.1, 0.15) is 5.82 Å². The molecule has 1 heterocycles. The predicted molar refractivity (Wildman–Crippen MR) is 70.4 cm³/mol. The second-order valence-corrected chi connectivity index (χ2v) is 5.60. The van der Waals surface area contributed by atoms with Crippen LogP contribution in [-0.2, 0) is 6.54 Å². The van der Waals surface area contributed by atoms with Crippen molar-refractivity contribution in [2.24, 2.45) is 16.8 Å². The lowest BCUT2D eigenvalue weighted by atomic mass is 10.1. The molecule has 3 N–H and O–H groups in total. The number of oxime groups is 1. The number of piperidine rings is 1. The zero-order chi connectivity index (χ0) is 13.4. The molecule has 2 atom stereocenters. The fourth-order valence-electron chi connectivity index (χ4n) is 3.40. The highest BCUT2D eigenvalue weighted by Gasteiger charge is 2.37. The van der Waals surface area contributed by atoms with Gasteiger partial charge in [-0.3, -0.25) is 4.90 Å². The number of benzene rings is 1. The van der Waals surface area contributed by atoms with Crippen LogP contribution in [0.15, 0.2) is 23.4 Å². The topological polar surface area (TPSA) is 61.9 Å². The number of nitrogens with zero attached hydrogens (tertiary/aromatic N) is 2. The molecule has 102 valence electrons. The Morgan fingerprint density at radius 3 is 2.89 bits per heavy atom. The van der Waals surface area contributed by atoms with E-state index in [0.29, 0.717) is 11.6 Å². The van der Waals surface area contributed by atoms with E-state index in [4.69, 9.17) is 10.9 Å². The number of halogens is 1. The Labute approximate surface area is 111 Å².